The van der Waals surface area contributed by atoms with Crippen molar-refractivity contribution in [3.8, 4) is 5.75 Å². The first-order chi connectivity index (χ1) is 18.5. The Labute approximate surface area is 226 Å². The number of ketones is 1. The standard InChI is InChI=1S/C33H38N2O3/c1-24-13-16-32-27(22-24)23-34(2)19-17-26(25-8-4-3-5-9-25)10-7-18-35(20-21-38-32)33(37)30-12-6-11-29-28(30)14-15-31(29)36/h3-6,8-9,11-13,16,22,26H,7,10,14-15,17-21,23H2,1-2H3. The fraction of sp³-hybridized carbons (Fsp3) is 0.394. The largest absolute Gasteiger partial charge is 0.491 e. The Morgan fingerprint density at radius 1 is 0.921 bits per heavy atom. The molecule has 0 aromatic heterocycles. The van der Waals surface area contributed by atoms with Crippen molar-refractivity contribution in [2.75, 3.05) is 33.3 Å². The molecule has 0 fully saturated rings. The maximum Gasteiger partial charge on any atom is 0.254 e. The van der Waals surface area contributed by atoms with Gasteiger partial charge in [-0.3, -0.25) is 9.59 Å². The fourth-order valence-corrected chi connectivity index (χ4v) is 5.89. The summed E-state index contributed by atoms with van der Waals surface area (Å²) >= 11 is 0. The lowest BCUT2D eigenvalue weighted by Crippen LogP contribution is -2.36. The minimum Gasteiger partial charge on any atom is -0.491 e. The van der Waals surface area contributed by atoms with Crippen molar-refractivity contribution < 1.29 is 14.3 Å². The number of fused-ring (bicyclic) bond motifs is 2. The number of ether oxygens (including phenoxy) is 1. The summed E-state index contributed by atoms with van der Waals surface area (Å²) in [5, 5.41) is 0. The minimum atomic E-state index is 0.00682. The lowest BCUT2D eigenvalue weighted by atomic mass is 9.90. The number of hydrogen-bond acceptors (Lipinski definition) is 4. The highest BCUT2D eigenvalue weighted by molar-refractivity contribution is 6.05. The van der Waals surface area contributed by atoms with Gasteiger partial charge in [-0.2, -0.15) is 0 Å². The molecule has 0 spiro atoms. The summed E-state index contributed by atoms with van der Waals surface area (Å²) in [4.78, 5) is 30.5. The highest BCUT2D eigenvalue weighted by Crippen LogP contribution is 2.29. The predicted octanol–water partition coefficient (Wildman–Crippen LogP) is 6.04. The molecule has 3 aromatic rings. The average molecular weight is 511 g/mol. The second kappa shape index (κ2) is 12.0. The third-order valence-electron chi connectivity index (χ3n) is 7.98. The van der Waals surface area contributed by atoms with Gasteiger partial charge in [0.25, 0.3) is 5.91 Å². The Hall–Kier alpha value is -3.44. The monoisotopic (exact) mass is 510 g/mol. The van der Waals surface area contributed by atoms with Crippen LogP contribution in [0.15, 0.2) is 66.7 Å². The van der Waals surface area contributed by atoms with E-state index in [0.717, 1.165) is 43.7 Å². The molecule has 1 heterocycles. The fourth-order valence-electron chi connectivity index (χ4n) is 5.89. The van der Waals surface area contributed by atoms with Crippen molar-refractivity contribution in [1.82, 2.24) is 9.80 Å². The molecule has 0 saturated heterocycles. The van der Waals surface area contributed by atoms with Crippen molar-refractivity contribution in [3.05, 3.63) is 100 Å². The van der Waals surface area contributed by atoms with Gasteiger partial charge >= 0.3 is 0 Å². The summed E-state index contributed by atoms with van der Waals surface area (Å²) in [6.07, 6.45) is 4.13. The molecule has 0 bridgehead atoms. The molecule has 0 N–H and O–H groups in total. The van der Waals surface area contributed by atoms with Gasteiger partial charge in [-0.25, -0.2) is 0 Å². The second-order valence-corrected chi connectivity index (χ2v) is 10.8. The van der Waals surface area contributed by atoms with E-state index >= 15 is 0 Å². The van der Waals surface area contributed by atoms with Crippen LogP contribution >= 0.6 is 0 Å². The zero-order valence-corrected chi connectivity index (χ0v) is 22.6. The van der Waals surface area contributed by atoms with E-state index in [1.165, 1.54) is 16.7 Å². The first kappa shape index (κ1) is 26.2. The third kappa shape index (κ3) is 5.99. The molecule has 5 nitrogen and oxygen atoms in total. The number of carbonyl (C=O) groups excluding carboxylic acids is 2. The van der Waals surface area contributed by atoms with E-state index in [-0.39, 0.29) is 11.7 Å². The molecular formula is C33H38N2O3. The van der Waals surface area contributed by atoms with E-state index in [1.54, 1.807) is 0 Å². The second-order valence-electron chi connectivity index (χ2n) is 10.8. The zero-order valence-electron chi connectivity index (χ0n) is 22.6. The molecule has 1 aliphatic heterocycles. The Bertz CT molecular complexity index is 1290. The van der Waals surface area contributed by atoms with Gasteiger partial charge in [0.15, 0.2) is 5.78 Å². The van der Waals surface area contributed by atoms with Crippen LogP contribution in [-0.4, -0.2) is 54.8 Å². The molecule has 0 saturated carbocycles. The van der Waals surface area contributed by atoms with E-state index in [9.17, 15) is 9.59 Å². The summed E-state index contributed by atoms with van der Waals surface area (Å²) in [5.41, 5.74) is 6.06. The number of Topliss-reactive ketones (excluding diaryl/α,β-unsaturated/α-hetero) is 1. The number of nitrogens with zero attached hydrogens (tertiary/aromatic N) is 2. The van der Waals surface area contributed by atoms with Crippen LogP contribution in [0.2, 0.25) is 0 Å². The van der Waals surface area contributed by atoms with Crippen molar-refractivity contribution in [2.24, 2.45) is 0 Å². The van der Waals surface area contributed by atoms with Gasteiger partial charge in [0.2, 0.25) is 0 Å². The lowest BCUT2D eigenvalue weighted by Gasteiger charge is -2.28. The van der Waals surface area contributed by atoms with E-state index in [4.69, 9.17) is 4.74 Å². The Kier molecular flexibility index (Phi) is 8.23. The summed E-state index contributed by atoms with van der Waals surface area (Å²) in [6.45, 7) is 5.53. The molecule has 5 rings (SSSR count). The number of aryl methyl sites for hydroxylation is 1. The smallest absolute Gasteiger partial charge is 0.254 e. The number of carbonyl (C=O) groups is 2. The highest BCUT2D eigenvalue weighted by Gasteiger charge is 2.27. The molecule has 1 aliphatic carbocycles. The van der Waals surface area contributed by atoms with Crippen LogP contribution in [0.1, 0.15) is 74.6 Å². The lowest BCUT2D eigenvalue weighted by molar-refractivity contribution is 0.0723. The Balaban J connectivity index is 1.42. The van der Waals surface area contributed by atoms with Crippen LogP contribution in [0.5, 0.6) is 5.75 Å². The van der Waals surface area contributed by atoms with Crippen LogP contribution in [0.25, 0.3) is 0 Å². The molecule has 1 atom stereocenters. The Morgan fingerprint density at radius 3 is 2.61 bits per heavy atom. The van der Waals surface area contributed by atoms with Gasteiger partial charge < -0.3 is 14.5 Å². The molecule has 0 radical (unpaired) electrons. The summed E-state index contributed by atoms with van der Waals surface area (Å²) in [7, 11) is 2.18. The SMILES string of the molecule is Cc1ccc2c(c1)CN(C)CCC(c1ccccc1)CCCN(C(=O)c1cccc3c1CCC3=O)CCO2. The van der Waals surface area contributed by atoms with E-state index in [0.29, 0.717) is 49.6 Å². The number of hydrogen-bond donors (Lipinski definition) is 0. The molecule has 2 aliphatic rings. The van der Waals surface area contributed by atoms with Gasteiger partial charge in [-0.05, 0) is 75.4 Å². The van der Waals surface area contributed by atoms with E-state index < -0.39 is 0 Å². The van der Waals surface area contributed by atoms with E-state index in [1.807, 2.05) is 23.1 Å². The molecule has 198 valence electrons. The van der Waals surface area contributed by atoms with E-state index in [2.05, 4.69) is 67.4 Å². The van der Waals surface area contributed by atoms with Crippen LogP contribution < -0.4 is 4.74 Å². The van der Waals surface area contributed by atoms with Crippen molar-refractivity contribution in [1.29, 1.82) is 0 Å². The van der Waals surface area contributed by atoms with Gasteiger partial charge in [0, 0.05) is 36.2 Å². The maximum atomic E-state index is 13.8. The van der Waals surface area contributed by atoms with Crippen molar-refractivity contribution >= 4 is 11.7 Å². The minimum absolute atomic E-state index is 0.00682. The quantitative estimate of drug-likeness (QED) is 0.422. The average Bonchev–Trinajstić information content (AvgIpc) is 3.31. The zero-order chi connectivity index (χ0) is 26.5. The summed E-state index contributed by atoms with van der Waals surface area (Å²) < 4.78 is 6.28. The molecular weight excluding hydrogens is 472 g/mol. The molecule has 1 amide bonds. The highest BCUT2D eigenvalue weighted by atomic mass is 16.5. The van der Waals surface area contributed by atoms with Crippen LogP contribution in [-0.2, 0) is 13.0 Å². The van der Waals surface area contributed by atoms with Gasteiger partial charge in [0.05, 0.1) is 6.54 Å². The first-order valence-corrected chi connectivity index (χ1v) is 13.9. The van der Waals surface area contributed by atoms with Crippen molar-refractivity contribution in [2.45, 2.75) is 51.5 Å². The number of rotatable bonds is 2. The van der Waals surface area contributed by atoms with Crippen LogP contribution in [0.4, 0.5) is 0 Å². The van der Waals surface area contributed by atoms with Crippen LogP contribution in [0.3, 0.4) is 0 Å². The number of amides is 1. The maximum absolute atomic E-state index is 13.8. The molecule has 38 heavy (non-hydrogen) atoms. The number of benzene rings is 3. The predicted molar refractivity (Wildman–Crippen MR) is 151 cm³/mol. The van der Waals surface area contributed by atoms with Gasteiger partial charge in [0.1, 0.15) is 12.4 Å². The van der Waals surface area contributed by atoms with Gasteiger partial charge in [-0.1, -0.05) is 60.2 Å². The topological polar surface area (TPSA) is 49.9 Å². The van der Waals surface area contributed by atoms with Crippen molar-refractivity contribution in [3.63, 3.8) is 0 Å². The molecule has 3 aromatic carbocycles. The van der Waals surface area contributed by atoms with Gasteiger partial charge in [-0.15, -0.1) is 0 Å². The molecule has 5 heteroatoms. The first-order valence-electron chi connectivity index (χ1n) is 13.9. The summed E-state index contributed by atoms with van der Waals surface area (Å²) in [5.74, 6) is 1.47. The Morgan fingerprint density at radius 2 is 1.76 bits per heavy atom. The third-order valence-corrected chi connectivity index (χ3v) is 7.98. The van der Waals surface area contributed by atoms with Crippen LogP contribution in [0, 0.1) is 6.92 Å². The molecule has 1 unspecified atom stereocenters. The summed E-state index contributed by atoms with van der Waals surface area (Å²) in [6, 6.07) is 22.7. The normalized spacial score (nSPS) is 19.3.